The Morgan fingerprint density at radius 2 is 1.89 bits per heavy atom. The molecule has 0 radical (unpaired) electrons. The van der Waals surface area contributed by atoms with Crippen molar-refractivity contribution in [2.75, 3.05) is 32.7 Å². The first-order valence-electron chi connectivity index (χ1n) is 9.72. The van der Waals surface area contributed by atoms with Gasteiger partial charge in [0.15, 0.2) is 0 Å². The van der Waals surface area contributed by atoms with E-state index in [1.54, 1.807) is 6.20 Å². The van der Waals surface area contributed by atoms with Gasteiger partial charge < -0.3 is 14.7 Å². The molecule has 2 aromatic heterocycles. The zero-order chi connectivity index (χ0) is 20.5. The number of rotatable bonds is 4. The molecule has 3 rings (SSSR count). The van der Waals surface area contributed by atoms with Gasteiger partial charge in [-0.3, -0.25) is 14.5 Å². The maximum atomic E-state index is 12.9. The average molecular weight is 387 g/mol. The quantitative estimate of drug-likeness (QED) is 0.863. The molecule has 1 aliphatic rings. The minimum absolute atomic E-state index is 0.00982. The highest BCUT2D eigenvalue weighted by molar-refractivity contribution is 5.97. The summed E-state index contributed by atoms with van der Waals surface area (Å²) in [5.41, 5.74) is 1.57. The van der Waals surface area contributed by atoms with Gasteiger partial charge in [-0.05, 0) is 32.8 Å². The number of piperazine rings is 1. The van der Waals surface area contributed by atoms with Crippen molar-refractivity contribution in [3.8, 4) is 0 Å². The molecule has 8 nitrogen and oxygen atoms in total. The molecule has 1 saturated heterocycles. The van der Waals surface area contributed by atoms with E-state index in [4.69, 9.17) is 4.52 Å². The fourth-order valence-corrected chi connectivity index (χ4v) is 3.34. The fourth-order valence-electron chi connectivity index (χ4n) is 3.34. The number of hydrogen-bond acceptors (Lipinski definition) is 6. The van der Waals surface area contributed by atoms with E-state index in [1.165, 1.54) is 0 Å². The molecule has 0 aliphatic carbocycles. The molecule has 152 valence electrons. The molecule has 1 N–H and O–H groups in total. The van der Waals surface area contributed by atoms with Gasteiger partial charge in [-0.2, -0.15) is 0 Å². The van der Waals surface area contributed by atoms with E-state index in [0.717, 1.165) is 11.1 Å². The van der Waals surface area contributed by atoms with Crippen LogP contribution >= 0.6 is 0 Å². The predicted octanol–water partition coefficient (Wildman–Crippen LogP) is 2.02. The number of pyridine rings is 1. The van der Waals surface area contributed by atoms with Gasteiger partial charge in [0.25, 0.3) is 11.6 Å². The largest absolute Gasteiger partial charge is 0.350 e. The first-order valence-corrected chi connectivity index (χ1v) is 9.72. The van der Waals surface area contributed by atoms with Crippen LogP contribution in [0.4, 0.5) is 0 Å². The van der Waals surface area contributed by atoms with E-state index in [-0.39, 0.29) is 23.3 Å². The van der Waals surface area contributed by atoms with Crippen LogP contribution in [-0.4, -0.2) is 70.0 Å². The third-order valence-corrected chi connectivity index (χ3v) is 4.69. The molecule has 28 heavy (non-hydrogen) atoms. The summed E-state index contributed by atoms with van der Waals surface area (Å²) in [6, 6.07) is 1.82. The highest BCUT2D eigenvalue weighted by Crippen LogP contribution is 2.24. The molecule has 0 unspecified atom stereocenters. The Hall–Kier alpha value is -2.48. The monoisotopic (exact) mass is 387 g/mol. The lowest BCUT2D eigenvalue weighted by atomic mass is 10.1. The minimum Gasteiger partial charge on any atom is -0.350 e. The summed E-state index contributed by atoms with van der Waals surface area (Å²) in [7, 11) is 0. The Balaban J connectivity index is 1.61. The van der Waals surface area contributed by atoms with Crippen LogP contribution < -0.4 is 5.32 Å². The summed E-state index contributed by atoms with van der Waals surface area (Å²) in [6.45, 7) is 12.8. The molecule has 0 atom stereocenters. The Morgan fingerprint density at radius 3 is 2.50 bits per heavy atom. The Kier molecular flexibility index (Phi) is 5.69. The lowest BCUT2D eigenvalue weighted by Crippen LogP contribution is -2.52. The predicted molar refractivity (Wildman–Crippen MR) is 106 cm³/mol. The molecule has 8 heteroatoms. The van der Waals surface area contributed by atoms with E-state index in [9.17, 15) is 9.59 Å². The Labute approximate surface area is 165 Å². The van der Waals surface area contributed by atoms with Crippen molar-refractivity contribution < 1.29 is 14.1 Å². The van der Waals surface area contributed by atoms with Crippen LogP contribution in [0.2, 0.25) is 0 Å². The van der Waals surface area contributed by atoms with Gasteiger partial charge >= 0.3 is 0 Å². The van der Waals surface area contributed by atoms with E-state index < -0.39 is 0 Å². The van der Waals surface area contributed by atoms with Gasteiger partial charge in [0.2, 0.25) is 5.91 Å². The van der Waals surface area contributed by atoms with Crippen LogP contribution in [0.25, 0.3) is 11.1 Å². The summed E-state index contributed by atoms with van der Waals surface area (Å²) < 4.78 is 5.25. The number of hydrogen-bond donors (Lipinski definition) is 1. The molecule has 3 heterocycles. The second-order valence-corrected chi connectivity index (χ2v) is 8.67. The second-order valence-electron chi connectivity index (χ2n) is 8.67. The molecule has 1 aliphatic heterocycles. The summed E-state index contributed by atoms with van der Waals surface area (Å²) in [6.07, 6.45) is 1.54. The SMILES string of the molecule is CC(C)c1noc2ncc(C(=O)N3CCN(CC(=O)NC(C)(C)C)CC3)cc12. The molecule has 2 amide bonds. The molecule has 0 aromatic carbocycles. The molecule has 0 bridgehead atoms. The standard InChI is InChI=1S/C20H29N5O3/c1-13(2)17-15-10-14(11-21-18(15)28-23-17)19(27)25-8-6-24(7-9-25)12-16(26)22-20(3,4)5/h10-11,13H,6-9,12H2,1-5H3,(H,22,26). The average Bonchev–Trinajstić information content (AvgIpc) is 3.03. The Bertz CT molecular complexity index is 860. The van der Waals surface area contributed by atoms with E-state index in [2.05, 4.69) is 20.4 Å². The van der Waals surface area contributed by atoms with E-state index in [1.807, 2.05) is 45.6 Å². The van der Waals surface area contributed by atoms with Crippen molar-refractivity contribution in [1.82, 2.24) is 25.3 Å². The van der Waals surface area contributed by atoms with Crippen LogP contribution in [0, 0.1) is 0 Å². The highest BCUT2D eigenvalue weighted by Gasteiger charge is 2.25. The fraction of sp³-hybridized carbons (Fsp3) is 0.600. The van der Waals surface area contributed by atoms with Crippen LogP contribution in [-0.2, 0) is 4.79 Å². The number of nitrogens with one attached hydrogen (secondary N) is 1. The maximum Gasteiger partial charge on any atom is 0.257 e. The summed E-state index contributed by atoms with van der Waals surface area (Å²) in [5.74, 6) is 0.149. The van der Waals surface area contributed by atoms with Gasteiger partial charge in [-0.15, -0.1) is 0 Å². The van der Waals surface area contributed by atoms with Gasteiger partial charge in [0.05, 0.1) is 23.2 Å². The number of nitrogens with zero attached hydrogens (tertiary/aromatic N) is 4. The van der Waals surface area contributed by atoms with Gasteiger partial charge in [-0.1, -0.05) is 19.0 Å². The highest BCUT2D eigenvalue weighted by atomic mass is 16.5. The molecule has 1 fully saturated rings. The Morgan fingerprint density at radius 1 is 1.21 bits per heavy atom. The zero-order valence-corrected chi connectivity index (χ0v) is 17.3. The zero-order valence-electron chi connectivity index (χ0n) is 17.3. The number of fused-ring (bicyclic) bond motifs is 1. The van der Waals surface area contributed by atoms with Crippen molar-refractivity contribution in [2.24, 2.45) is 0 Å². The van der Waals surface area contributed by atoms with E-state index in [0.29, 0.717) is 44.0 Å². The third-order valence-electron chi connectivity index (χ3n) is 4.69. The maximum absolute atomic E-state index is 12.9. The number of amides is 2. The molecule has 0 saturated carbocycles. The molecule has 0 spiro atoms. The molecule has 2 aromatic rings. The first kappa shape index (κ1) is 20.3. The summed E-state index contributed by atoms with van der Waals surface area (Å²) >= 11 is 0. The lowest BCUT2D eigenvalue weighted by Gasteiger charge is -2.34. The van der Waals surface area contributed by atoms with Crippen molar-refractivity contribution in [3.63, 3.8) is 0 Å². The number of aromatic nitrogens is 2. The van der Waals surface area contributed by atoms with Gasteiger partial charge in [0.1, 0.15) is 0 Å². The van der Waals surface area contributed by atoms with Crippen molar-refractivity contribution in [3.05, 3.63) is 23.5 Å². The summed E-state index contributed by atoms with van der Waals surface area (Å²) in [5, 5.41) is 7.82. The van der Waals surface area contributed by atoms with Crippen molar-refractivity contribution in [2.45, 2.75) is 46.1 Å². The van der Waals surface area contributed by atoms with Gasteiger partial charge in [-0.25, -0.2) is 4.98 Å². The van der Waals surface area contributed by atoms with E-state index >= 15 is 0 Å². The lowest BCUT2D eigenvalue weighted by molar-refractivity contribution is -0.124. The second kappa shape index (κ2) is 7.87. The van der Waals surface area contributed by atoms with Crippen LogP contribution in [0.3, 0.4) is 0 Å². The third kappa shape index (κ3) is 4.67. The van der Waals surface area contributed by atoms with Crippen LogP contribution in [0.15, 0.2) is 16.8 Å². The number of carbonyl (C=O) groups is 2. The summed E-state index contributed by atoms with van der Waals surface area (Å²) in [4.78, 5) is 33.1. The van der Waals surface area contributed by atoms with Crippen LogP contribution in [0.1, 0.15) is 56.6 Å². The molecular formula is C20H29N5O3. The normalized spacial score (nSPS) is 16.0. The smallest absolute Gasteiger partial charge is 0.257 e. The molecular weight excluding hydrogens is 358 g/mol. The minimum atomic E-state index is -0.239. The van der Waals surface area contributed by atoms with Crippen molar-refractivity contribution >= 4 is 22.9 Å². The van der Waals surface area contributed by atoms with Gasteiger partial charge in [0, 0.05) is 37.9 Å². The first-order chi connectivity index (χ1) is 13.1. The van der Waals surface area contributed by atoms with Crippen LogP contribution in [0.5, 0.6) is 0 Å². The van der Waals surface area contributed by atoms with Crippen molar-refractivity contribution in [1.29, 1.82) is 0 Å². The number of carbonyl (C=O) groups excluding carboxylic acids is 2. The topological polar surface area (TPSA) is 91.6 Å².